The number of para-hydroxylation sites is 1. The molecule has 0 aliphatic heterocycles. The molecular weight excluding hydrogens is 400 g/mol. The van der Waals surface area contributed by atoms with Gasteiger partial charge in [0.1, 0.15) is 17.5 Å². The Balaban J connectivity index is 1.44. The van der Waals surface area contributed by atoms with Crippen LogP contribution in [0.2, 0.25) is 5.02 Å². The number of nitrogen functional groups attached to an aromatic ring is 1. The Morgan fingerprint density at radius 2 is 1.77 bits per heavy atom. The third-order valence-electron chi connectivity index (χ3n) is 4.59. The summed E-state index contributed by atoms with van der Waals surface area (Å²) in [7, 11) is 0. The molecule has 3 rings (SSSR count). The Hall–Kier alpha value is -3.50. The van der Waals surface area contributed by atoms with Crippen molar-refractivity contribution in [1.82, 2.24) is 20.4 Å². The standard InChI is InChI=1S/C22H23ClN6O/c23-17-10-8-16(9-11-17)12-14-27-22(30)26-13-4-7-20-19(15-24)21(25)29(28-20)18-5-2-1-3-6-18/h1-3,5-6,8-11H,4,7,12-14,25H2,(H2,26,27,30). The average Bonchev–Trinajstić information content (AvgIpc) is 3.08. The molecule has 0 atom stereocenters. The number of amides is 2. The van der Waals surface area contributed by atoms with Gasteiger partial charge in [0.25, 0.3) is 0 Å². The molecule has 1 heterocycles. The van der Waals surface area contributed by atoms with E-state index in [2.05, 4.69) is 21.8 Å². The molecule has 0 spiro atoms. The predicted octanol–water partition coefficient (Wildman–Crippen LogP) is 3.45. The monoisotopic (exact) mass is 422 g/mol. The molecular formula is C22H23ClN6O. The van der Waals surface area contributed by atoms with Crippen LogP contribution in [0.1, 0.15) is 23.2 Å². The van der Waals surface area contributed by atoms with Gasteiger partial charge in [0.05, 0.1) is 11.4 Å². The van der Waals surface area contributed by atoms with E-state index in [4.69, 9.17) is 17.3 Å². The van der Waals surface area contributed by atoms with E-state index < -0.39 is 0 Å². The SMILES string of the molecule is N#Cc1c(CCCNC(=O)NCCc2ccc(Cl)cc2)nn(-c2ccccc2)c1N. The van der Waals surface area contributed by atoms with Gasteiger partial charge in [-0.3, -0.25) is 0 Å². The minimum atomic E-state index is -0.223. The number of aromatic nitrogens is 2. The van der Waals surface area contributed by atoms with Gasteiger partial charge in [-0.1, -0.05) is 41.9 Å². The van der Waals surface area contributed by atoms with E-state index in [0.29, 0.717) is 48.0 Å². The van der Waals surface area contributed by atoms with E-state index in [0.717, 1.165) is 17.7 Å². The normalized spacial score (nSPS) is 10.4. The van der Waals surface area contributed by atoms with Crippen LogP contribution in [0.3, 0.4) is 0 Å². The molecule has 8 heteroatoms. The number of hydrogen-bond donors (Lipinski definition) is 3. The fourth-order valence-corrected chi connectivity index (χ4v) is 3.16. The summed E-state index contributed by atoms with van der Waals surface area (Å²) in [6.45, 7) is 1.000. The lowest BCUT2D eigenvalue weighted by atomic mass is 10.1. The highest BCUT2D eigenvalue weighted by Crippen LogP contribution is 2.21. The van der Waals surface area contributed by atoms with Crippen LogP contribution in [0.15, 0.2) is 54.6 Å². The summed E-state index contributed by atoms with van der Waals surface area (Å²) in [6, 6.07) is 18.9. The number of anilines is 1. The molecule has 7 nitrogen and oxygen atoms in total. The van der Waals surface area contributed by atoms with Crippen molar-refractivity contribution in [2.75, 3.05) is 18.8 Å². The summed E-state index contributed by atoms with van der Waals surface area (Å²) in [6.07, 6.45) is 1.91. The molecule has 2 amide bonds. The van der Waals surface area contributed by atoms with Crippen molar-refractivity contribution in [3.05, 3.63) is 76.4 Å². The third kappa shape index (κ3) is 5.52. The van der Waals surface area contributed by atoms with Gasteiger partial charge in [-0.15, -0.1) is 0 Å². The van der Waals surface area contributed by atoms with Crippen LogP contribution in [-0.2, 0) is 12.8 Å². The largest absolute Gasteiger partial charge is 0.382 e. The first-order chi connectivity index (χ1) is 14.6. The number of nitrogens with one attached hydrogen (secondary N) is 2. The Morgan fingerprint density at radius 1 is 1.07 bits per heavy atom. The van der Waals surface area contributed by atoms with Gasteiger partial charge in [-0.05, 0) is 49.1 Å². The van der Waals surface area contributed by atoms with Crippen LogP contribution in [0.5, 0.6) is 0 Å². The number of nitrogens with two attached hydrogens (primary N) is 1. The van der Waals surface area contributed by atoms with Gasteiger partial charge in [0, 0.05) is 18.1 Å². The zero-order valence-electron chi connectivity index (χ0n) is 16.4. The van der Waals surface area contributed by atoms with Gasteiger partial charge >= 0.3 is 6.03 Å². The van der Waals surface area contributed by atoms with E-state index in [-0.39, 0.29) is 6.03 Å². The topological polar surface area (TPSA) is 109 Å². The first-order valence-corrected chi connectivity index (χ1v) is 10.1. The van der Waals surface area contributed by atoms with E-state index in [1.165, 1.54) is 0 Å². The van der Waals surface area contributed by atoms with Crippen LogP contribution < -0.4 is 16.4 Å². The lowest BCUT2D eigenvalue weighted by Gasteiger charge is -2.07. The highest BCUT2D eigenvalue weighted by molar-refractivity contribution is 6.30. The molecule has 0 radical (unpaired) electrons. The fourth-order valence-electron chi connectivity index (χ4n) is 3.03. The van der Waals surface area contributed by atoms with Gasteiger partial charge < -0.3 is 16.4 Å². The maximum absolute atomic E-state index is 11.9. The Labute approximate surface area is 180 Å². The number of aryl methyl sites for hydroxylation is 1. The zero-order valence-corrected chi connectivity index (χ0v) is 17.2. The smallest absolute Gasteiger partial charge is 0.314 e. The van der Waals surface area contributed by atoms with Gasteiger partial charge in [-0.2, -0.15) is 10.4 Å². The Morgan fingerprint density at radius 3 is 2.47 bits per heavy atom. The molecule has 30 heavy (non-hydrogen) atoms. The number of carbonyl (C=O) groups is 1. The number of carbonyl (C=O) groups excluding carboxylic acids is 1. The summed E-state index contributed by atoms with van der Waals surface area (Å²) >= 11 is 5.86. The minimum Gasteiger partial charge on any atom is -0.382 e. The van der Waals surface area contributed by atoms with Crippen molar-refractivity contribution in [3.8, 4) is 11.8 Å². The third-order valence-corrected chi connectivity index (χ3v) is 4.85. The van der Waals surface area contributed by atoms with E-state index >= 15 is 0 Å². The number of benzene rings is 2. The highest BCUT2D eigenvalue weighted by Gasteiger charge is 2.16. The number of nitrogens with zero attached hydrogens (tertiary/aromatic N) is 3. The molecule has 2 aromatic carbocycles. The molecule has 0 aliphatic rings. The molecule has 1 aromatic heterocycles. The second-order valence-electron chi connectivity index (χ2n) is 6.73. The summed E-state index contributed by atoms with van der Waals surface area (Å²) in [5.74, 6) is 0.326. The van der Waals surface area contributed by atoms with E-state index in [9.17, 15) is 10.1 Å². The number of hydrogen-bond acceptors (Lipinski definition) is 4. The molecule has 0 bridgehead atoms. The van der Waals surface area contributed by atoms with Crippen molar-refractivity contribution < 1.29 is 4.79 Å². The first kappa shape index (κ1) is 21.2. The second-order valence-corrected chi connectivity index (χ2v) is 7.17. The summed E-state index contributed by atoms with van der Waals surface area (Å²) < 4.78 is 1.57. The van der Waals surface area contributed by atoms with Crippen molar-refractivity contribution >= 4 is 23.4 Å². The van der Waals surface area contributed by atoms with E-state index in [1.54, 1.807) is 4.68 Å². The van der Waals surface area contributed by atoms with Crippen LogP contribution in [0.4, 0.5) is 10.6 Å². The lowest BCUT2D eigenvalue weighted by molar-refractivity contribution is 0.241. The quantitative estimate of drug-likeness (QED) is 0.483. The second kappa shape index (κ2) is 10.3. The van der Waals surface area contributed by atoms with Crippen LogP contribution in [0, 0.1) is 11.3 Å². The van der Waals surface area contributed by atoms with Crippen LogP contribution >= 0.6 is 11.6 Å². The Bertz CT molecular complexity index is 1020. The molecule has 154 valence electrons. The molecule has 3 aromatic rings. The van der Waals surface area contributed by atoms with Crippen molar-refractivity contribution in [2.24, 2.45) is 0 Å². The van der Waals surface area contributed by atoms with Crippen molar-refractivity contribution in [3.63, 3.8) is 0 Å². The number of urea groups is 1. The highest BCUT2D eigenvalue weighted by atomic mass is 35.5. The minimum absolute atomic E-state index is 0.223. The molecule has 0 saturated heterocycles. The first-order valence-electron chi connectivity index (χ1n) is 9.67. The predicted molar refractivity (Wildman–Crippen MR) is 118 cm³/mol. The fraction of sp³-hybridized carbons (Fsp3) is 0.227. The summed E-state index contributed by atoms with van der Waals surface area (Å²) in [5.41, 5.74) is 9.02. The molecule has 0 fully saturated rings. The van der Waals surface area contributed by atoms with Crippen molar-refractivity contribution in [1.29, 1.82) is 5.26 Å². The summed E-state index contributed by atoms with van der Waals surface area (Å²) in [4.78, 5) is 11.9. The van der Waals surface area contributed by atoms with E-state index in [1.807, 2.05) is 54.6 Å². The van der Waals surface area contributed by atoms with Gasteiger partial charge in [-0.25, -0.2) is 9.48 Å². The van der Waals surface area contributed by atoms with Crippen molar-refractivity contribution in [2.45, 2.75) is 19.3 Å². The van der Waals surface area contributed by atoms with Crippen LogP contribution in [-0.4, -0.2) is 28.9 Å². The van der Waals surface area contributed by atoms with Crippen LogP contribution in [0.25, 0.3) is 5.69 Å². The Kier molecular flexibility index (Phi) is 7.30. The molecule has 0 unspecified atom stereocenters. The molecule has 0 saturated carbocycles. The average molecular weight is 423 g/mol. The summed E-state index contributed by atoms with van der Waals surface area (Å²) in [5, 5.41) is 20.3. The lowest BCUT2D eigenvalue weighted by Crippen LogP contribution is -2.37. The molecule has 0 aliphatic carbocycles. The number of halogens is 1. The maximum Gasteiger partial charge on any atom is 0.314 e. The number of nitriles is 1. The zero-order chi connectivity index (χ0) is 21.3. The van der Waals surface area contributed by atoms with Gasteiger partial charge in [0.2, 0.25) is 0 Å². The number of rotatable bonds is 8. The maximum atomic E-state index is 11.9. The van der Waals surface area contributed by atoms with Gasteiger partial charge in [0.15, 0.2) is 0 Å². The molecule has 4 N–H and O–H groups in total.